The second-order valence-corrected chi connectivity index (χ2v) is 4.79. The van der Waals surface area contributed by atoms with E-state index in [1.54, 1.807) is 4.90 Å². The highest BCUT2D eigenvalue weighted by molar-refractivity contribution is 5.82. The molecule has 1 rings (SSSR count). The number of rotatable bonds is 7. The number of carboxylic acids is 1. The fourth-order valence-electron chi connectivity index (χ4n) is 2.23. The van der Waals surface area contributed by atoms with Crippen LogP contribution in [-0.4, -0.2) is 67.6 Å². The molecule has 2 amide bonds. The van der Waals surface area contributed by atoms with E-state index in [0.29, 0.717) is 26.3 Å². The van der Waals surface area contributed by atoms with Gasteiger partial charge in [-0.1, -0.05) is 0 Å². The maximum atomic E-state index is 12.1. The number of piperidine rings is 1. The molecule has 1 aliphatic heterocycles. The highest BCUT2D eigenvalue weighted by Crippen LogP contribution is 2.13. The summed E-state index contributed by atoms with van der Waals surface area (Å²) in [5.41, 5.74) is 0. The molecule has 2 atom stereocenters. The van der Waals surface area contributed by atoms with E-state index < -0.39 is 12.0 Å². The lowest BCUT2D eigenvalue weighted by Gasteiger charge is -2.33. The first-order chi connectivity index (χ1) is 9.58. The number of methoxy groups -OCH3 is 1. The summed E-state index contributed by atoms with van der Waals surface area (Å²) in [5.74, 6) is -1.05. The summed E-state index contributed by atoms with van der Waals surface area (Å²) in [5, 5.41) is 11.6. The largest absolute Gasteiger partial charge is 0.480 e. The molecule has 0 aromatic rings. The SMILES string of the molecule is CCOC1CCCN(C(=O)NC(CCOC)C(=O)O)C1. The Labute approximate surface area is 119 Å². The Morgan fingerprint density at radius 2 is 2.25 bits per heavy atom. The number of nitrogens with one attached hydrogen (secondary N) is 1. The summed E-state index contributed by atoms with van der Waals surface area (Å²) in [7, 11) is 1.50. The van der Waals surface area contributed by atoms with Crippen molar-refractivity contribution in [3.63, 3.8) is 0 Å². The number of likely N-dealkylation sites (tertiary alicyclic amines) is 1. The zero-order valence-corrected chi connectivity index (χ0v) is 12.1. The third kappa shape index (κ3) is 5.34. The van der Waals surface area contributed by atoms with E-state index in [9.17, 15) is 9.59 Å². The van der Waals surface area contributed by atoms with Gasteiger partial charge in [0.25, 0.3) is 0 Å². The predicted octanol–water partition coefficient (Wildman–Crippen LogP) is 0.687. The maximum absolute atomic E-state index is 12.1. The molecule has 0 radical (unpaired) electrons. The van der Waals surface area contributed by atoms with Gasteiger partial charge in [0.15, 0.2) is 0 Å². The lowest BCUT2D eigenvalue weighted by molar-refractivity contribution is -0.139. The van der Waals surface area contributed by atoms with Crippen LogP contribution in [0.5, 0.6) is 0 Å². The number of carbonyl (C=O) groups is 2. The summed E-state index contributed by atoms with van der Waals surface area (Å²) in [6, 6.07) is -1.27. The Morgan fingerprint density at radius 1 is 1.50 bits per heavy atom. The molecule has 1 saturated heterocycles. The summed E-state index contributed by atoms with van der Waals surface area (Å²) in [6.07, 6.45) is 2.10. The predicted molar refractivity (Wildman–Crippen MR) is 72.7 cm³/mol. The molecular formula is C13H24N2O5. The number of hydrogen-bond donors (Lipinski definition) is 2. The molecule has 2 unspecified atom stereocenters. The third-order valence-corrected chi connectivity index (χ3v) is 3.27. The normalized spacial score (nSPS) is 20.5. The molecular weight excluding hydrogens is 264 g/mol. The fraction of sp³-hybridized carbons (Fsp3) is 0.846. The number of carboxylic acid groups (broad SMARTS) is 1. The van der Waals surface area contributed by atoms with Crippen LogP contribution in [0.2, 0.25) is 0 Å². The standard InChI is InChI=1S/C13H24N2O5/c1-3-20-10-5-4-7-15(9-10)13(18)14-11(12(16)17)6-8-19-2/h10-11H,3-9H2,1-2H3,(H,14,18)(H,16,17). The van der Waals surface area contributed by atoms with Gasteiger partial charge in [-0.15, -0.1) is 0 Å². The second kappa shape index (κ2) is 8.76. The van der Waals surface area contributed by atoms with Gasteiger partial charge in [-0.25, -0.2) is 9.59 Å². The van der Waals surface area contributed by atoms with Gasteiger partial charge in [-0.05, 0) is 19.8 Å². The third-order valence-electron chi connectivity index (χ3n) is 3.27. The van der Waals surface area contributed by atoms with Crippen molar-refractivity contribution < 1.29 is 24.2 Å². The maximum Gasteiger partial charge on any atom is 0.326 e. The van der Waals surface area contributed by atoms with E-state index in [2.05, 4.69) is 5.32 Å². The second-order valence-electron chi connectivity index (χ2n) is 4.79. The highest BCUT2D eigenvalue weighted by atomic mass is 16.5. The van der Waals surface area contributed by atoms with Gasteiger partial charge in [-0.3, -0.25) is 0 Å². The summed E-state index contributed by atoms with van der Waals surface area (Å²) < 4.78 is 10.4. The van der Waals surface area contributed by atoms with Crippen LogP contribution in [-0.2, 0) is 14.3 Å². The number of nitrogens with zero attached hydrogens (tertiary/aromatic N) is 1. The minimum Gasteiger partial charge on any atom is -0.480 e. The van der Waals surface area contributed by atoms with Gasteiger partial charge in [-0.2, -0.15) is 0 Å². The van der Waals surface area contributed by atoms with Crippen LogP contribution in [0.3, 0.4) is 0 Å². The van der Waals surface area contributed by atoms with E-state index in [4.69, 9.17) is 14.6 Å². The molecule has 7 heteroatoms. The number of urea groups is 1. The molecule has 0 bridgehead atoms. The number of aliphatic carboxylic acids is 1. The van der Waals surface area contributed by atoms with Gasteiger partial charge < -0.3 is 24.8 Å². The molecule has 20 heavy (non-hydrogen) atoms. The molecule has 0 saturated carbocycles. The van der Waals surface area contributed by atoms with E-state index >= 15 is 0 Å². The van der Waals surface area contributed by atoms with Crippen LogP contribution in [0.25, 0.3) is 0 Å². The van der Waals surface area contributed by atoms with Crippen molar-refractivity contribution in [3.05, 3.63) is 0 Å². The van der Waals surface area contributed by atoms with Crippen molar-refractivity contribution in [2.75, 3.05) is 33.4 Å². The Balaban J connectivity index is 2.48. The Bertz CT molecular complexity index is 322. The number of carbonyl (C=O) groups excluding carboxylic acids is 1. The fourth-order valence-corrected chi connectivity index (χ4v) is 2.23. The smallest absolute Gasteiger partial charge is 0.326 e. The van der Waals surface area contributed by atoms with Crippen molar-refractivity contribution in [1.82, 2.24) is 10.2 Å². The molecule has 0 aromatic heterocycles. The van der Waals surface area contributed by atoms with Crippen LogP contribution >= 0.6 is 0 Å². The number of amides is 2. The topological polar surface area (TPSA) is 88.1 Å². The molecule has 0 spiro atoms. The Morgan fingerprint density at radius 3 is 2.85 bits per heavy atom. The zero-order chi connectivity index (χ0) is 15.0. The van der Waals surface area contributed by atoms with Crippen molar-refractivity contribution in [2.24, 2.45) is 0 Å². The van der Waals surface area contributed by atoms with Gasteiger partial charge in [0.1, 0.15) is 6.04 Å². The lowest BCUT2D eigenvalue weighted by atomic mass is 10.1. The molecule has 7 nitrogen and oxygen atoms in total. The van der Waals surface area contributed by atoms with E-state index in [-0.39, 0.29) is 18.6 Å². The zero-order valence-electron chi connectivity index (χ0n) is 12.1. The quantitative estimate of drug-likeness (QED) is 0.719. The first kappa shape index (κ1) is 16.7. The van der Waals surface area contributed by atoms with Crippen molar-refractivity contribution in [2.45, 2.75) is 38.3 Å². The lowest BCUT2D eigenvalue weighted by Crippen LogP contribution is -2.52. The molecule has 1 fully saturated rings. The molecule has 0 aromatic carbocycles. The van der Waals surface area contributed by atoms with Crippen LogP contribution in [0.1, 0.15) is 26.2 Å². The minimum absolute atomic E-state index is 0.0433. The van der Waals surface area contributed by atoms with Gasteiger partial charge in [0.05, 0.1) is 6.10 Å². The van der Waals surface area contributed by atoms with Crippen molar-refractivity contribution in [3.8, 4) is 0 Å². The molecule has 116 valence electrons. The van der Waals surface area contributed by atoms with E-state index in [0.717, 1.165) is 12.8 Å². The number of ether oxygens (including phenoxy) is 2. The van der Waals surface area contributed by atoms with Gasteiger partial charge >= 0.3 is 12.0 Å². The van der Waals surface area contributed by atoms with Crippen LogP contribution in [0.15, 0.2) is 0 Å². The average molecular weight is 288 g/mol. The molecule has 0 aliphatic carbocycles. The Kier molecular flexibility index (Phi) is 7.32. The Hall–Kier alpha value is -1.34. The monoisotopic (exact) mass is 288 g/mol. The first-order valence-electron chi connectivity index (χ1n) is 6.97. The first-order valence-corrected chi connectivity index (χ1v) is 6.97. The molecule has 1 aliphatic rings. The molecule has 2 N–H and O–H groups in total. The number of hydrogen-bond acceptors (Lipinski definition) is 4. The van der Waals surface area contributed by atoms with E-state index in [1.807, 2.05) is 6.92 Å². The van der Waals surface area contributed by atoms with Crippen LogP contribution in [0, 0.1) is 0 Å². The van der Waals surface area contributed by atoms with Crippen LogP contribution in [0.4, 0.5) is 4.79 Å². The van der Waals surface area contributed by atoms with Crippen molar-refractivity contribution in [1.29, 1.82) is 0 Å². The van der Waals surface area contributed by atoms with Crippen molar-refractivity contribution >= 4 is 12.0 Å². The van der Waals surface area contributed by atoms with Gasteiger partial charge in [0, 0.05) is 39.8 Å². The minimum atomic E-state index is -1.05. The van der Waals surface area contributed by atoms with Gasteiger partial charge in [0.2, 0.25) is 0 Å². The van der Waals surface area contributed by atoms with Crippen LogP contribution < -0.4 is 5.32 Å². The van der Waals surface area contributed by atoms with E-state index in [1.165, 1.54) is 7.11 Å². The highest BCUT2D eigenvalue weighted by Gasteiger charge is 2.27. The summed E-state index contributed by atoms with van der Waals surface area (Å²) in [6.45, 7) is 3.97. The summed E-state index contributed by atoms with van der Waals surface area (Å²) >= 11 is 0. The summed E-state index contributed by atoms with van der Waals surface area (Å²) in [4.78, 5) is 24.8. The molecule has 1 heterocycles. The average Bonchev–Trinajstić information content (AvgIpc) is 2.43.